The van der Waals surface area contributed by atoms with Crippen LogP contribution in [0.4, 0.5) is 0 Å². The van der Waals surface area contributed by atoms with E-state index in [1.165, 1.54) is 0 Å². The van der Waals surface area contributed by atoms with Crippen LogP contribution >= 0.6 is 15.9 Å². The number of nitrogens with zero attached hydrogens (tertiary/aromatic N) is 1. The molecular formula is C12H16BrNO3. The van der Waals surface area contributed by atoms with Crippen LogP contribution in [0.25, 0.3) is 0 Å². The van der Waals surface area contributed by atoms with E-state index in [4.69, 9.17) is 5.11 Å². The molecule has 17 heavy (non-hydrogen) atoms. The Hall–Kier alpha value is -1.07. The molecule has 0 amide bonds. The third-order valence-corrected chi connectivity index (χ3v) is 3.10. The van der Waals surface area contributed by atoms with Crippen LogP contribution in [-0.4, -0.2) is 34.2 Å². The molecule has 5 heteroatoms. The van der Waals surface area contributed by atoms with Gasteiger partial charge in [-0.25, -0.2) is 0 Å². The molecule has 0 aromatic heterocycles. The van der Waals surface area contributed by atoms with E-state index in [1.54, 1.807) is 18.2 Å². The van der Waals surface area contributed by atoms with Crippen molar-refractivity contribution in [3.63, 3.8) is 0 Å². The number of hydrogen-bond acceptors (Lipinski definition) is 3. The van der Waals surface area contributed by atoms with Crippen molar-refractivity contribution in [2.24, 2.45) is 0 Å². The highest BCUT2D eigenvalue weighted by atomic mass is 79.9. The van der Waals surface area contributed by atoms with Crippen LogP contribution in [0.1, 0.15) is 18.9 Å². The molecule has 0 aliphatic rings. The molecule has 1 rings (SSSR count). The van der Waals surface area contributed by atoms with Gasteiger partial charge in [0.1, 0.15) is 5.75 Å². The van der Waals surface area contributed by atoms with Crippen molar-refractivity contribution in [3.05, 3.63) is 28.2 Å². The van der Waals surface area contributed by atoms with E-state index in [1.807, 2.05) is 11.8 Å². The maximum Gasteiger partial charge on any atom is 0.317 e. The minimum absolute atomic E-state index is 0.00986. The zero-order valence-electron chi connectivity index (χ0n) is 9.69. The zero-order chi connectivity index (χ0) is 12.8. The van der Waals surface area contributed by atoms with Crippen LogP contribution < -0.4 is 0 Å². The number of carboxylic acids is 1. The van der Waals surface area contributed by atoms with Gasteiger partial charge in [0.05, 0.1) is 6.54 Å². The van der Waals surface area contributed by atoms with Gasteiger partial charge in [0, 0.05) is 11.0 Å². The normalized spacial score (nSPS) is 10.8. The Morgan fingerprint density at radius 3 is 2.76 bits per heavy atom. The van der Waals surface area contributed by atoms with Crippen LogP contribution in [-0.2, 0) is 11.3 Å². The Kier molecular flexibility index (Phi) is 5.44. The molecule has 0 saturated carbocycles. The van der Waals surface area contributed by atoms with Gasteiger partial charge in [-0.1, -0.05) is 22.9 Å². The number of aromatic hydroxyl groups is 1. The lowest BCUT2D eigenvalue weighted by Gasteiger charge is -2.20. The summed E-state index contributed by atoms with van der Waals surface area (Å²) in [5.41, 5.74) is 0.889. The number of carbonyl (C=O) groups is 1. The van der Waals surface area contributed by atoms with Crippen molar-refractivity contribution in [2.45, 2.75) is 19.9 Å². The molecule has 4 nitrogen and oxygen atoms in total. The van der Waals surface area contributed by atoms with Crippen LogP contribution in [0.15, 0.2) is 22.7 Å². The van der Waals surface area contributed by atoms with Gasteiger partial charge in [-0.05, 0) is 36.7 Å². The van der Waals surface area contributed by atoms with Crippen LogP contribution in [0.3, 0.4) is 0 Å². The van der Waals surface area contributed by atoms with Crippen molar-refractivity contribution in [2.75, 3.05) is 13.1 Å². The Balaban J connectivity index is 2.77. The number of hydrogen-bond donors (Lipinski definition) is 2. The Morgan fingerprint density at radius 2 is 2.18 bits per heavy atom. The summed E-state index contributed by atoms with van der Waals surface area (Å²) in [6, 6.07) is 5.00. The van der Waals surface area contributed by atoms with Gasteiger partial charge in [-0.15, -0.1) is 0 Å². The Bertz CT molecular complexity index is 395. The Labute approximate surface area is 109 Å². The molecule has 0 bridgehead atoms. The molecule has 0 unspecified atom stereocenters. The molecule has 0 heterocycles. The second-order valence-electron chi connectivity index (χ2n) is 3.88. The first kappa shape index (κ1) is 14.0. The number of halogens is 1. The second-order valence-corrected chi connectivity index (χ2v) is 4.73. The summed E-state index contributed by atoms with van der Waals surface area (Å²) < 4.78 is 0.877. The van der Waals surface area contributed by atoms with Crippen molar-refractivity contribution in [1.29, 1.82) is 0 Å². The van der Waals surface area contributed by atoms with E-state index in [2.05, 4.69) is 15.9 Å². The summed E-state index contributed by atoms with van der Waals surface area (Å²) in [7, 11) is 0. The largest absolute Gasteiger partial charge is 0.508 e. The molecule has 0 radical (unpaired) electrons. The minimum Gasteiger partial charge on any atom is -0.508 e. The summed E-state index contributed by atoms with van der Waals surface area (Å²) in [6.07, 6.45) is 0.893. The van der Waals surface area contributed by atoms with E-state index >= 15 is 0 Å². The molecule has 0 saturated heterocycles. The van der Waals surface area contributed by atoms with Gasteiger partial charge >= 0.3 is 5.97 Å². The molecule has 0 aliphatic carbocycles. The number of phenols is 1. The van der Waals surface area contributed by atoms with E-state index in [0.717, 1.165) is 16.5 Å². The number of phenolic OH excluding ortho intramolecular Hbond substituents is 1. The molecule has 94 valence electrons. The topological polar surface area (TPSA) is 60.8 Å². The van der Waals surface area contributed by atoms with Gasteiger partial charge in [0.2, 0.25) is 0 Å². The molecule has 0 fully saturated rings. The van der Waals surface area contributed by atoms with E-state index < -0.39 is 5.97 Å². The number of aliphatic carboxylic acids is 1. The predicted octanol–water partition coefficient (Wildman–Crippen LogP) is 2.45. The van der Waals surface area contributed by atoms with Gasteiger partial charge in [0.15, 0.2) is 0 Å². The van der Waals surface area contributed by atoms with Gasteiger partial charge < -0.3 is 10.2 Å². The highest BCUT2D eigenvalue weighted by molar-refractivity contribution is 9.10. The van der Waals surface area contributed by atoms with E-state index in [-0.39, 0.29) is 12.3 Å². The highest BCUT2D eigenvalue weighted by Gasteiger charge is 2.11. The SMILES string of the molecule is CCCN(CC(=O)O)Cc1cc(O)ccc1Br. The summed E-state index contributed by atoms with van der Waals surface area (Å²) in [5.74, 6) is -0.648. The fourth-order valence-corrected chi connectivity index (χ4v) is 2.02. The second kappa shape index (κ2) is 6.61. The number of benzene rings is 1. The average Bonchev–Trinajstić information content (AvgIpc) is 2.23. The summed E-state index contributed by atoms with van der Waals surface area (Å²) >= 11 is 3.39. The molecule has 1 aromatic carbocycles. The van der Waals surface area contributed by atoms with E-state index in [9.17, 15) is 9.90 Å². The third-order valence-electron chi connectivity index (χ3n) is 2.32. The number of carboxylic acid groups (broad SMARTS) is 1. The first-order chi connectivity index (χ1) is 8.02. The van der Waals surface area contributed by atoms with Gasteiger partial charge in [0.25, 0.3) is 0 Å². The van der Waals surface area contributed by atoms with Crippen LogP contribution in [0, 0.1) is 0 Å². The first-order valence-corrected chi connectivity index (χ1v) is 6.23. The van der Waals surface area contributed by atoms with Crippen molar-refractivity contribution >= 4 is 21.9 Å². The summed E-state index contributed by atoms with van der Waals surface area (Å²) in [5, 5.41) is 18.2. The Morgan fingerprint density at radius 1 is 1.47 bits per heavy atom. The average molecular weight is 302 g/mol. The highest BCUT2D eigenvalue weighted by Crippen LogP contribution is 2.23. The molecule has 0 atom stereocenters. The van der Waals surface area contributed by atoms with Gasteiger partial charge in [-0.2, -0.15) is 0 Å². The lowest BCUT2D eigenvalue weighted by molar-refractivity contribution is -0.138. The summed E-state index contributed by atoms with van der Waals surface area (Å²) in [6.45, 7) is 3.24. The van der Waals surface area contributed by atoms with Gasteiger partial charge in [-0.3, -0.25) is 9.69 Å². The summed E-state index contributed by atoms with van der Waals surface area (Å²) in [4.78, 5) is 12.6. The lowest BCUT2D eigenvalue weighted by Crippen LogP contribution is -2.30. The molecule has 2 N–H and O–H groups in total. The quantitative estimate of drug-likeness (QED) is 0.847. The third kappa shape index (κ3) is 4.75. The monoisotopic (exact) mass is 301 g/mol. The maximum atomic E-state index is 10.7. The van der Waals surface area contributed by atoms with Crippen molar-refractivity contribution in [3.8, 4) is 5.75 Å². The maximum absolute atomic E-state index is 10.7. The van der Waals surface area contributed by atoms with Crippen molar-refractivity contribution < 1.29 is 15.0 Å². The molecule has 1 aromatic rings. The minimum atomic E-state index is -0.838. The zero-order valence-corrected chi connectivity index (χ0v) is 11.3. The predicted molar refractivity (Wildman–Crippen MR) is 69.0 cm³/mol. The standard InChI is InChI=1S/C12H16BrNO3/c1-2-5-14(8-12(16)17)7-9-6-10(15)3-4-11(9)13/h3-4,6,15H,2,5,7-8H2,1H3,(H,16,17). The fraction of sp³-hybridized carbons (Fsp3) is 0.417. The number of rotatable bonds is 6. The van der Waals surface area contributed by atoms with Crippen LogP contribution in [0.2, 0.25) is 0 Å². The van der Waals surface area contributed by atoms with Crippen molar-refractivity contribution in [1.82, 2.24) is 4.90 Å². The molecule has 0 spiro atoms. The smallest absolute Gasteiger partial charge is 0.317 e. The first-order valence-electron chi connectivity index (χ1n) is 5.44. The molecular weight excluding hydrogens is 286 g/mol. The fourth-order valence-electron chi connectivity index (χ4n) is 1.64. The van der Waals surface area contributed by atoms with E-state index in [0.29, 0.717) is 13.1 Å². The van der Waals surface area contributed by atoms with Crippen LogP contribution in [0.5, 0.6) is 5.75 Å². The lowest BCUT2D eigenvalue weighted by atomic mass is 10.2. The molecule has 0 aliphatic heterocycles.